The summed E-state index contributed by atoms with van der Waals surface area (Å²) >= 11 is 0. The summed E-state index contributed by atoms with van der Waals surface area (Å²) in [6.07, 6.45) is 4.15. The van der Waals surface area contributed by atoms with Gasteiger partial charge < -0.3 is 15.4 Å². The first-order valence-corrected chi connectivity index (χ1v) is 9.04. The molecule has 2 aromatic heterocycles. The van der Waals surface area contributed by atoms with Crippen LogP contribution in [0.2, 0.25) is 0 Å². The van der Waals surface area contributed by atoms with Crippen molar-refractivity contribution in [2.75, 3.05) is 19.0 Å². The lowest BCUT2D eigenvalue weighted by atomic mass is 10.1. The second-order valence-electron chi connectivity index (χ2n) is 6.21. The maximum absolute atomic E-state index is 12.5. The molecule has 28 heavy (non-hydrogen) atoms. The monoisotopic (exact) mass is 377 g/mol. The smallest absolute Gasteiger partial charge is 0.270 e. The van der Waals surface area contributed by atoms with E-state index in [1.165, 1.54) is 0 Å². The van der Waals surface area contributed by atoms with Gasteiger partial charge in [0.25, 0.3) is 5.91 Å². The molecular formula is C21H23N5O2. The third-order valence-electron chi connectivity index (χ3n) is 4.17. The average Bonchev–Trinajstić information content (AvgIpc) is 2.73. The van der Waals surface area contributed by atoms with Gasteiger partial charge in [-0.3, -0.25) is 9.78 Å². The van der Waals surface area contributed by atoms with Crippen LogP contribution in [0, 0.1) is 6.92 Å². The van der Waals surface area contributed by atoms with Crippen molar-refractivity contribution in [1.82, 2.24) is 20.3 Å². The van der Waals surface area contributed by atoms with Gasteiger partial charge >= 0.3 is 0 Å². The second-order valence-corrected chi connectivity index (χ2v) is 6.21. The molecule has 1 aromatic carbocycles. The van der Waals surface area contributed by atoms with Gasteiger partial charge in [-0.25, -0.2) is 9.97 Å². The number of ether oxygens (including phenoxy) is 1. The minimum absolute atomic E-state index is 0.229. The van der Waals surface area contributed by atoms with Crippen molar-refractivity contribution >= 4 is 11.7 Å². The Labute approximate surface area is 164 Å². The molecule has 0 atom stereocenters. The number of benzene rings is 1. The Morgan fingerprint density at radius 3 is 2.68 bits per heavy atom. The predicted octanol–water partition coefficient (Wildman–Crippen LogP) is 2.77. The van der Waals surface area contributed by atoms with Gasteiger partial charge in [-0.1, -0.05) is 18.2 Å². The summed E-state index contributed by atoms with van der Waals surface area (Å²) in [6, 6.07) is 13.3. The van der Waals surface area contributed by atoms with Crippen LogP contribution >= 0.6 is 0 Å². The number of amides is 1. The summed E-state index contributed by atoms with van der Waals surface area (Å²) in [7, 11) is 1.64. The average molecular weight is 377 g/mol. The molecular weight excluding hydrogens is 354 g/mol. The number of methoxy groups -OCH3 is 1. The van der Waals surface area contributed by atoms with E-state index in [1.54, 1.807) is 32.5 Å². The van der Waals surface area contributed by atoms with E-state index in [9.17, 15) is 4.79 Å². The van der Waals surface area contributed by atoms with Crippen LogP contribution in [0.4, 0.5) is 5.82 Å². The van der Waals surface area contributed by atoms with Crippen LogP contribution < -0.4 is 15.4 Å². The lowest BCUT2D eigenvalue weighted by molar-refractivity contribution is 0.0948. The number of para-hydroxylation sites is 1. The molecule has 0 saturated heterocycles. The molecule has 144 valence electrons. The summed E-state index contributed by atoms with van der Waals surface area (Å²) in [5.74, 6) is 1.73. The number of nitrogens with zero attached hydrogens (tertiary/aromatic N) is 3. The number of hydrogen-bond donors (Lipinski definition) is 2. The molecule has 0 radical (unpaired) electrons. The van der Waals surface area contributed by atoms with E-state index in [1.807, 2.05) is 36.4 Å². The standard InChI is InChI=1S/C21H23N5O2/c1-15-25-18(13-20(26-15)24-14-16-7-10-22-11-8-16)21(27)23-12-9-17-5-3-4-6-19(17)28-2/h3-8,10-11,13H,9,12,14H2,1-2H3,(H,23,27)(H,24,25,26). The van der Waals surface area contributed by atoms with Crippen molar-refractivity contribution < 1.29 is 9.53 Å². The molecule has 0 aliphatic carbocycles. The second kappa shape index (κ2) is 9.45. The molecule has 2 N–H and O–H groups in total. The van der Waals surface area contributed by atoms with Gasteiger partial charge in [0.15, 0.2) is 0 Å². The molecule has 2 heterocycles. The first-order chi connectivity index (χ1) is 13.7. The highest BCUT2D eigenvalue weighted by atomic mass is 16.5. The third-order valence-corrected chi connectivity index (χ3v) is 4.17. The lowest BCUT2D eigenvalue weighted by Gasteiger charge is -2.10. The van der Waals surface area contributed by atoms with Gasteiger partial charge in [0, 0.05) is 31.5 Å². The summed E-state index contributed by atoms with van der Waals surface area (Å²) in [5, 5.41) is 6.12. The van der Waals surface area contributed by atoms with Crippen LogP contribution in [-0.2, 0) is 13.0 Å². The number of anilines is 1. The number of rotatable bonds is 8. The summed E-state index contributed by atoms with van der Waals surface area (Å²) < 4.78 is 5.34. The van der Waals surface area contributed by atoms with E-state index < -0.39 is 0 Å². The molecule has 7 nitrogen and oxygen atoms in total. The fraction of sp³-hybridized carbons (Fsp3) is 0.238. The molecule has 0 aliphatic rings. The van der Waals surface area contributed by atoms with Crippen molar-refractivity contribution in [3.63, 3.8) is 0 Å². The molecule has 3 rings (SSSR count). The van der Waals surface area contributed by atoms with Crippen molar-refractivity contribution in [2.24, 2.45) is 0 Å². The zero-order valence-electron chi connectivity index (χ0n) is 16.0. The Balaban J connectivity index is 1.59. The Hall–Kier alpha value is -3.48. The van der Waals surface area contributed by atoms with Gasteiger partial charge in [0.05, 0.1) is 7.11 Å². The highest BCUT2D eigenvalue weighted by molar-refractivity contribution is 5.92. The SMILES string of the molecule is COc1ccccc1CCNC(=O)c1cc(NCc2ccncc2)nc(C)n1. The molecule has 0 fully saturated rings. The van der Waals surface area contributed by atoms with Gasteiger partial charge in [-0.05, 0) is 42.7 Å². The minimum atomic E-state index is -0.229. The zero-order chi connectivity index (χ0) is 19.8. The third kappa shape index (κ3) is 5.26. The van der Waals surface area contributed by atoms with Crippen molar-refractivity contribution in [1.29, 1.82) is 0 Å². The van der Waals surface area contributed by atoms with E-state index in [4.69, 9.17) is 4.74 Å². The van der Waals surface area contributed by atoms with E-state index in [-0.39, 0.29) is 5.91 Å². The van der Waals surface area contributed by atoms with Crippen LogP contribution in [-0.4, -0.2) is 34.5 Å². The lowest BCUT2D eigenvalue weighted by Crippen LogP contribution is -2.27. The Morgan fingerprint density at radius 2 is 1.89 bits per heavy atom. The summed E-state index contributed by atoms with van der Waals surface area (Å²) in [4.78, 5) is 25.1. The van der Waals surface area contributed by atoms with Crippen LogP contribution in [0.15, 0.2) is 54.9 Å². The maximum atomic E-state index is 12.5. The molecule has 0 aliphatic heterocycles. The number of nitrogens with one attached hydrogen (secondary N) is 2. The zero-order valence-corrected chi connectivity index (χ0v) is 16.0. The summed E-state index contributed by atoms with van der Waals surface area (Å²) in [6.45, 7) is 2.85. The Kier molecular flexibility index (Phi) is 6.51. The van der Waals surface area contributed by atoms with Crippen LogP contribution in [0.5, 0.6) is 5.75 Å². The van der Waals surface area contributed by atoms with Gasteiger partial charge in [0.2, 0.25) is 0 Å². The fourth-order valence-electron chi connectivity index (χ4n) is 2.78. The quantitative estimate of drug-likeness (QED) is 0.627. The predicted molar refractivity (Wildman–Crippen MR) is 107 cm³/mol. The van der Waals surface area contributed by atoms with Crippen molar-refractivity contribution in [3.8, 4) is 5.75 Å². The van der Waals surface area contributed by atoms with E-state index in [0.29, 0.717) is 36.8 Å². The summed E-state index contributed by atoms with van der Waals surface area (Å²) in [5.41, 5.74) is 2.46. The molecule has 0 unspecified atom stereocenters. The first-order valence-electron chi connectivity index (χ1n) is 9.04. The number of carbonyl (C=O) groups is 1. The molecule has 0 spiro atoms. The highest BCUT2D eigenvalue weighted by Gasteiger charge is 2.11. The highest BCUT2D eigenvalue weighted by Crippen LogP contribution is 2.17. The van der Waals surface area contributed by atoms with E-state index in [0.717, 1.165) is 16.9 Å². The maximum Gasteiger partial charge on any atom is 0.270 e. The first kappa shape index (κ1) is 19.3. The van der Waals surface area contributed by atoms with Crippen LogP contribution in [0.1, 0.15) is 27.4 Å². The van der Waals surface area contributed by atoms with Gasteiger partial charge in [-0.2, -0.15) is 0 Å². The number of hydrogen-bond acceptors (Lipinski definition) is 6. The van der Waals surface area contributed by atoms with Crippen LogP contribution in [0.3, 0.4) is 0 Å². The van der Waals surface area contributed by atoms with Gasteiger partial charge in [0.1, 0.15) is 23.1 Å². The number of aryl methyl sites for hydroxylation is 1. The topological polar surface area (TPSA) is 89.0 Å². The molecule has 3 aromatic rings. The molecule has 7 heteroatoms. The van der Waals surface area contributed by atoms with Crippen molar-refractivity contribution in [2.45, 2.75) is 19.9 Å². The van der Waals surface area contributed by atoms with E-state index in [2.05, 4.69) is 25.6 Å². The Morgan fingerprint density at radius 1 is 1.11 bits per heavy atom. The number of pyridine rings is 1. The number of aromatic nitrogens is 3. The molecule has 1 amide bonds. The minimum Gasteiger partial charge on any atom is -0.496 e. The fourth-order valence-corrected chi connectivity index (χ4v) is 2.78. The van der Waals surface area contributed by atoms with E-state index >= 15 is 0 Å². The normalized spacial score (nSPS) is 10.4. The molecule has 0 bridgehead atoms. The van der Waals surface area contributed by atoms with Crippen LogP contribution in [0.25, 0.3) is 0 Å². The molecule has 0 saturated carbocycles. The van der Waals surface area contributed by atoms with Gasteiger partial charge in [-0.15, -0.1) is 0 Å². The number of carbonyl (C=O) groups excluding carboxylic acids is 1. The Bertz CT molecular complexity index is 931. The largest absolute Gasteiger partial charge is 0.496 e. The van der Waals surface area contributed by atoms with Crippen molar-refractivity contribution in [3.05, 3.63) is 77.5 Å².